The summed E-state index contributed by atoms with van der Waals surface area (Å²) in [5.74, 6) is -0.241. The number of fused-ring (bicyclic) bond motifs is 1. The van der Waals surface area contributed by atoms with Gasteiger partial charge >= 0.3 is 6.18 Å². The lowest BCUT2D eigenvalue weighted by atomic mass is 9.92. The minimum absolute atomic E-state index is 0.241. The number of aliphatic hydroxyl groups excluding tert-OH is 1. The zero-order valence-corrected chi connectivity index (χ0v) is 11.6. The van der Waals surface area contributed by atoms with Gasteiger partial charge in [-0.05, 0) is 35.2 Å². The van der Waals surface area contributed by atoms with Crippen molar-refractivity contribution in [3.8, 4) is 0 Å². The molecule has 0 fully saturated rings. The lowest BCUT2D eigenvalue weighted by Gasteiger charge is -2.16. The molecular weight excluding hydrogens is 301 g/mol. The molecule has 0 radical (unpaired) electrons. The van der Waals surface area contributed by atoms with Crippen molar-refractivity contribution in [2.24, 2.45) is 0 Å². The molecule has 0 aromatic heterocycles. The van der Waals surface area contributed by atoms with E-state index in [1.165, 1.54) is 6.07 Å². The van der Waals surface area contributed by atoms with Crippen LogP contribution in [0, 0.1) is 0 Å². The van der Waals surface area contributed by atoms with Crippen LogP contribution in [0.4, 0.5) is 13.2 Å². The molecule has 21 heavy (non-hydrogen) atoms. The zero-order chi connectivity index (χ0) is 15.2. The van der Waals surface area contributed by atoms with Gasteiger partial charge in [0.1, 0.15) is 0 Å². The number of hydrogen-bond acceptors (Lipinski definition) is 1. The molecule has 0 saturated heterocycles. The predicted octanol–water partition coefficient (Wildman–Crippen LogP) is 4.93. The highest BCUT2D eigenvalue weighted by atomic mass is 35.5. The largest absolute Gasteiger partial charge is 0.417 e. The van der Waals surface area contributed by atoms with Crippen LogP contribution in [0.1, 0.15) is 40.7 Å². The highest BCUT2D eigenvalue weighted by Crippen LogP contribution is 2.45. The van der Waals surface area contributed by atoms with E-state index in [9.17, 15) is 18.3 Å². The normalized spacial score (nSPS) is 21.4. The highest BCUT2D eigenvalue weighted by Gasteiger charge is 2.36. The quantitative estimate of drug-likeness (QED) is 0.791. The van der Waals surface area contributed by atoms with Crippen molar-refractivity contribution in [2.75, 3.05) is 0 Å². The van der Waals surface area contributed by atoms with Gasteiger partial charge in [-0.3, -0.25) is 0 Å². The summed E-state index contributed by atoms with van der Waals surface area (Å²) in [4.78, 5) is 0. The average Bonchev–Trinajstić information content (AvgIpc) is 2.76. The summed E-state index contributed by atoms with van der Waals surface area (Å²) in [7, 11) is 0. The van der Waals surface area contributed by atoms with Gasteiger partial charge in [-0.15, -0.1) is 0 Å². The molecule has 1 aliphatic rings. The topological polar surface area (TPSA) is 20.2 Å². The molecule has 5 heteroatoms. The first-order valence-corrected chi connectivity index (χ1v) is 6.89. The van der Waals surface area contributed by atoms with Gasteiger partial charge in [0.15, 0.2) is 0 Å². The van der Waals surface area contributed by atoms with Gasteiger partial charge < -0.3 is 5.11 Å². The summed E-state index contributed by atoms with van der Waals surface area (Å²) in [5.41, 5.74) is 1.35. The molecule has 0 bridgehead atoms. The Morgan fingerprint density at radius 3 is 2.38 bits per heavy atom. The van der Waals surface area contributed by atoms with Gasteiger partial charge in [-0.25, -0.2) is 0 Å². The van der Waals surface area contributed by atoms with Crippen molar-refractivity contribution in [3.05, 3.63) is 69.7 Å². The molecule has 1 aliphatic carbocycles. The minimum atomic E-state index is -4.48. The fourth-order valence-corrected chi connectivity index (χ4v) is 3.13. The number of aliphatic hydroxyl groups is 1. The van der Waals surface area contributed by atoms with E-state index in [-0.39, 0.29) is 10.9 Å². The molecule has 0 aliphatic heterocycles. The lowest BCUT2D eigenvalue weighted by Crippen LogP contribution is -2.08. The van der Waals surface area contributed by atoms with Gasteiger partial charge in [-0.2, -0.15) is 13.2 Å². The molecule has 0 heterocycles. The van der Waals surface area contributed by atoms with Crippen LogP contribution in [0.5, 0.6) is 0 Å². The van der Waals surface area contributed by atoms with E-state index in [2.05, 4.69) is 0 Å². The number of alkyl halides is 3. The van der Waals surface area contributed by atoms with Crippen molar-refractivity contribution < 1.29 is 18.3 Å². The monoisotopic (exact) mass is 312 g/mol. The average molecular weight is 313 g/mol. The third kappa shape index (κ3) is 2.54. The highest BCUT2D eigenvalue weighted by molar-refractivity contribution is 6.31. The molecule has 0 amide bonds. The molecule has 0 saturated carbocycles. The first-order valence-electron chi connectivity index (χ1n) is 6.51. The van der Waals surface area contributed by atoms with Crippen LogP contribution in [-0.4, -0.2) is 5.11 Å². The smallest absolute Gasteiger partial charge is 0.388 e. The van der Waals surface area contributed by atoms with Crippen molar-refractivity contribution in [3.63, 3.8) is 0 Å². The Labute approximate surface area is 125 Å². The summed E-state index contributed by atoms with van der Waals surface area (Å²) < 4.78 is 38.9. The first-order chi connectivity index (χ1) is 9.88. The van der Waals surface area contributed by atoms with Crippen molar-refractivity contribution in [1.82, 2.24) is 0 Å². The summed E-state index contributed by atoms with van der Waals surface area (Å²) >= 11 is 5.65. The first kappa shape index (κ1) is 14.4. The Morgan fingerprint density at radius 2 is 1.71 bits per heavy atom. The van der Waals surface area contributed by atoms with Gasteiger partial charge in [-0.1, -0.05) is 41.9 Å². The van der Waals surface area contributed by atoms with E-state index < -0.39 is 17.8 Å². The van der Waals surface area contributed by atoms with Crippen LogP contribution in [0.25, 0.3) is 0 Å². The molecular formula is C16H12ClF3O. The van der Waals surface area contributed by atoms with Crippen LogP contribution in [0.15, 0.2) is 42.5 Å². The zero-order valence-electron chi connectivity index (χ0n) is 10.9. The van der Waals surface area contributed by atoms with E-state index in [1.807, 2.05) is 18.2 Å². The summed E-state index contributed by atoms with van der Waals surface area (Å²) in [6, 6.07) is 11.2. The number of hydrogen-bond donors (Lipinski definition) is 1. The Bertz CT molecular complexity index is 681. The van der Waals surface area contributed by atoms with Crippen molar-refractivity contribution >= 4 is 11.6 Å². The van der Waals surface area contributed by atoms with Gasteiger partial charge in [0.05, 0.1) is 16.7 Å². The van der Waals surface area contributed by atoms with Crippen LogP contribution in [0.3, 0.4) is 0 Å². The second kappa shape index (κ2) is 5.04. The Balaban J connectivity index is 2.07. The summed E-state index contributed by atoms with van der Waals surface area (Å²) in [5, 5.41) is 9.74. The molecule has 110 valence electrons. The lowest BCUT2D eigenvalue weighted by molar-refractivity contribution is -0.137. The van der Waals surface area contributed by atoms with E-state index in [1.54, 1.807) is 12.1 Å². The third-order valence-electron chi connectivity index (χ3n) is 3.89. The maximum Gasteiger partial charge on any atom is 0.417 e. The molecule has 0 unspecified atom stereocenters. The molecule has 3 rings (SSSR count). The Kier molecular flexibility index (Phi) is 3.46. The SMILES string of the molecule is O[C@@H]1C[C@H](c2ccc(Cl)c(C(F)(F)F)c2)c2ccccc21. The standard InChI is InChI=1S/C16H12ClF3O/c17-14-6-5-9(7-13(14)16(18,19)20)12-8-15(21)11-4-2-1-3-10(11)12/h1-7,12,15,21H,8H2/t12-,15-/m1/s1. The molecule has 0 spiro atoms. The number of benzene rings is 2. The molecule has 2 atom stereocenters. The minimum Gasteiger partial charge on any atom is -0.388 e. The van der Waals surface area contributed by atoms with Crippen LogP contribution >= 0.6 is 11.6 Å². The maximum atomic E-state index is 13.0. The Hall–Kier alpha value is -1.52. The molecule has 2 aromatic rings. The van der Waals surface area contributed by atoms with Crippen LogP contribution < -0.4 is 0 Å². The van der Waals surface area contributed by atoms with Gasteiger partial charge in [0, 0.05) is 5.92 Å². The molecule has 1 N–H and O–H groups in total. The second-order valence-electron chi connectivity index (χ2n) is 5.17. The van der Waals surface area contributed by atoms with Gasteiger partial charge in [0.2, 0.25) is 0 Å². The van der Waals surface area contributed by atoms with E-state index in [0.717, 1.165) is 17.2 Å². The predicted molar refractivity (Wildman–Crippen MR) is 74.3 cm³/mol. The van der Waals surface area contributed by atoms with E-state index in [4.69, 9.17) is 11.6 Å². The number of halogens is 4. The number of rotatable bonds is 1. The van der Waals surface area contributed by atoms with E-state index >= 15 is 0 Å². The maximum absolute atomic E-state index is 13.0. The fourth-order valence-electron chi connectivity index (χ4n) is 2.90. The van der Waals surface area contributed by atoms with Gasteiger partial charge in [0.25, 0.3) is 0 Å². The van der Waals surface area contributed by atoms with Crippen LogP contribution in [-0.2, 0) is 6.18 Å². The summed E-state index contributed by atoms with van der Waals surface area (Å²) in [6.45, 7) is 0. The van der Waals surface area contributed by atoms with E-state index in [0.29, 0.717) is 12.0 Å². The van der Waals surface area contributed by atoms with Crippen molar-refractivity contribution in [1.29, 1.82) is 0 Å². The Morgan fingerprint density at radius 1 is 1.05 bits per heavy atom. The third-order valence-corrected chi connectivity index (χ3v) is 4.22. The second-order valence-corrected chi connectivity index (χ2v) is 5.58. The molecule has 1 nitrogen and oxygen atoms in total. The van der Waals surface area contributed by atoms with Crippen molar-refractivity contribution in [2.45, 2.75) is 24.6 Å². The van der Waals surface area contributed by atoms with Crippen LogP contribution in [0.2, 0.25) is 5.02 Å². The molecule has 2 aromatic carbocycles. The fraction of sp³-hybridized carbons (Fsp3) is 0.250. The summed E-state index contributed by atoms with van der Waals surface area (Å²) in [6.07, 6.45) is -4.74.